The largest absolute Gasteiger partial charge is 0.508 e. The van der Waals surface area contributed by atoms with Crippen LogP contribution in [0.1, 0.15) is 131 Å². The third-order valence-corrected chi connectivity index (χ3v) is 15.0. The number of carbonyl (C=O) groups excluding carboxylic acids is 12. The maximum Gasteiger partial charge on any atom is 0.243 e. The molecule has 0 spiro atoms. The van der Waals surface area contributed by atoms with Gasteiger partial charge in [-0.05, 0) is 125 Å². The van der Waals surface area contributed by atoms with Crippen molar-refractivity contribution in [3.63, 3.8) is 0 Å². The van der Waals surface area contributed by atoms with Crippen molar-refractivity contribution < 1.29 is 67.7 Å². The van der Waals surface area contributed by atoms with Crippen LogP contribution in [0.4, 0.5) is 0 Å². The summed E-state index contributed by atoms with van der Waals surface area (Å²) in [5.74, 6) is -11.5. The Morgan fingerprint density at radius 2 is 0.681 bits per heavy atom. The molecule has 1 fully saturated rings. The summed E-state index contributed by atoms with van der Waals surface area (Å²) in [6.45, 7) is 12.1. The highest BCUT2D eigenvalue weighted by atomic mass is 16.3. The van der Waals surface area contributed by atoms with Crippen LogP contribution in [-0.2, 0) is 70.4 Å². The smallest absolute Gasteiger partial charge is 0.243 e. The highest BCUT2D eigenvalue weighted by Gasteiger charge is 2.37. The van der Waals surface area contributed by atoms with E-state index in [0.29, 0.717) is 24.0 Å². The Labute approximate surface area is 547 Å². The molecule has 520 valence electrons. The first kappa shape index (κ1) is 78.5. The molecule has 1 saturated heterocycles. The van der Waals surface area contributed by atoms with Crippen LogP contribution in [0.2, 0.25) is 0 Å². The van der Waals surface area contributed by atoms with Gasteiger partial charge in [0.2, 0.25) is 70.9 Å². The van der Waals surface area contributed by atoms with Crippen molar-refractivity contribution in [1.82, 2.24) is 63.8 Å². The number of phenols is 2. The number of nitrogens with zero attached hydrogens (tertiary/aromatic N) is 2. The minimum absolute atomic E-state index is 0.00979. The number of hydrogen-bond donors (Lipinski definition) is 18. The quantitative estimate of drug-likeness (QED) is 0.0280. The highest BCUT2D eigenvalue weighted by molar-refractivity contribution is 5.99. The topological polar surface area (TPSA) is 518 Å². The molecule has 0 aliphatic carbocycles. The number of nitrogens with one attached hydrogen (secondary N) is 12. The van der Waals surface area contributed by atoms with Gasteiger partial charge in [-0.25, -0.2) is 0 Å². The van der Waals surface area contributed by atoms with E-state index in [4.69, 9.17) is 22.9 Å². The number of unbranched alkanes of at least 4 members (excludes halogenated alkanes) is 2. The van der Waals surface area contributed by atoms with Crippen molar-refractivity contribution >= 4 is 82.8 Å². The molecule has 94 heavy (non-hydrogen) atoms. The van der Waals surface area contributed by atoms with E-state index >= 15 is 0 Å². The van der Waals surface area contributed by atoms with Gasteiger partial charge in [-0.15, -0.1) is 0 Å². The lowest BCUT2D eigenvalue weighted by molar-refractivity contribution is -0.137. The van der Waals surface area contributed by atoms with E-state index in [2.05, 4.69) is 73.8 Å². The fraction of sp³-hybridized carbons (Fsp3) is 0.581. The molecule has 0 bridgehead atoms. The van der Waals surface area contributed by atoms with E-state index in [1.54, 1.807) is 27.7 Å². The second-order valence-electron chi connectivity index (χ2n) is 23.9. The number of amides is 12. The third-order valence-electron chi connectivity index (χ3n) is 15.0. The number of nitrogens with two attached hydrogens (primary N) is 4. The second kappa shape index (κ2) is 40.3. The average molecular weight is 1320 g/mol. The van der Waals surface area contributed by atoms with E-state index in [9.17, 15) is 67.7 Å². The van der Waals surface area contributed by atoms with Crippen LogP contribution < -0.4 is 86.7 Å². The molecule has 0 saturated carbocycles. The van der Waals surface area contributed by atoms with Crippen LogP contribution in [0.25, 0.3) is 0 Å². The molecule has 1 aliphatic rings. The fourth-order valence-corrected chi connectivity index (χ4v) is 9.71. The van der Waals surface area contributed by atoms with Crippen LogP contribution >= 0.6 is 0 Å². The van der Waals surface area contributed by atoms with Crippen LogP contribution in [0.3, 0.4) is 0 Å². The van der Waals surface area contributed by atoms with Crippen LogP contribution in [0, 0.1) is 11.8 Å². The summed E-state index contributed by atoms with van der Waals surface area (Å²) in [4.78, 5) is 176. The number of aliphatic imine (C=N–C) groups is 2. The molecule has 2 aromatic rings. The molecule has 0 radical (unpaired) electrons. The van der Waals surface area contributed by atoms with E-state index in [1.807, 2.05) is 0 Å². The van der Waals surface area contributed by atoms with E-state index < -0.39 is 131 Å². The van der Waals surface area contributed by atoms with Gasteiger partial charge >= 0.3 is 0 Å². The highest BCUT2D eigenvalue weighted by Crippen LogP contribution is 2.17. The first-order valence-electron chi connectivity index (χ1n) is 31.5. The zero-order chi connectivity index (χ0) is 70.2. The normalized spacial score (nSPS) is 22.8. The Morgan fingerprint density at radius 1 is 0.404 bits per heavy atom. The SMILES string of the molecule is CC(=O)NCCCC[C@@H]1NC(=O)[C@H](CCCN=C(N)N)NC(=O)[C@H](Cc2ccc(O)cc2)NC(=O)[C@H](C(C)C)NC(=O)[C@H](C)NC(=O)[C@H](CCCCNC(C)=O)NC(=O)[C@H](CCCN=C(N)N)NC(=O)[C@H](Cc2ccc(O)cc2)NC(=O)[C@H](C(C)C)NC(=O)[C@H](C)NC1=O. The molecule has 0 aromatic heterocycles. The van der Waals surface area contributed by atoms with Gasteiger partial charge in [0.05, 0.1) is 0 Å². The number of hydrogen-bond acceptors (Lipinski definition) is 16. The number of carbonyl (C=O) groups is 12. The van der Waals surface area contributed by atoms with Crippen molar-refractivity contribution in [2.45, 2.75) is 193 Å². The summed E-state index contributed by atoms with van der Waals surface area (Å²) in [6.07, 6.45) is 0.456. The number of benzene rings is 2. The first-order valence-corrected chi connectivity index (χ1v) is 31.5. The molecular formula is C62H98N18O14. The summed E-state index contributed by atoms with van der Waals surface area (Å²) in [5.41, 5.74) is 23.2. The fourth-order valence-electron chi connectivity index (χ4n) is 9.71. The zero-order valence-electron chi connectivity index (χ0n) is 54.9. The number of guanidine groups is 2. The van der Waals surface area contributed by atoms with Crippen molar-refractivity contribution in [3.8, 4) is 11.5 Å². The summed E-state index contributed by atoms with van der Waals surface area (Å²) in [7, 11) is 0. The second-order valence-corrected chi connectivity index (χ2v) is 23.9. The molecule has 0 unspecified atom stereocenters. The zero-order valence-corrected chi connectivity index (χ0v) is 54.9. The predicted octanol–water partition coefficient (Wildman–Crippen LogP) is -3.18. The molecule has 3 rings (SSSR count). The Balaban J connectivity index is 2.28. The van der Waals surface area contributed by atoms with Gasteiger partial charge in [0.25, 0.3) is 0 Å². The standard InChI is InChI=1S/C62H98N18O14/c1-33(2)49-59(93)77-47(31-39-19-23-41(83)24-20-39)57(91)75-45(17-13-29-69-61(63)64)55(89)74-44(16-10-12-28-68-38(8)82)54(88)72-36(6)52(86)80-50(34(3)4)60(94)78-48(32-40-21-25-42(84)26-22-40)58(92)76-46(18-14-30-70-62(65)66)56(90)73-43(15-9-11-27-67-37(7)81)53(87)71-35(5)51(85)79-49/h19-26,33-36,43-50,83-84H,9-18,27-32H2,1-8H3,(H,67,81)(H,68,82)(H,71,87)(H,72,88)(H,73,90)(H,74,89)(H,75,91)(H,76,92)(H,77,93)(H,78,94)(H,79,85)(H,80,86)(H4,63,64,69)(H4,65,66,70)/t35-,36-,43-,44-,45-,46-,47-,48-,49-,50-/m0/s1. The number of phenolic OH excluding ortho intramolecular Hbond substituents is 2. The summed E-state index contributed by atoms with van der Waals surface area (Å²) in [5, 5.41) is 52.2. The summed E-state index contributed by atoms with van der Waals surface area (Å²) >= 11 is 0. The molecular weight excluding hydrogens is 1220 g/mol. The van der Waals surface area contributed by atoms with Crippen LogP contribution in [0.15, 0.2) is 58.5 Å². The average Bonchev–Trinajstić information content (AvgIpc) is 1.15. The maximum atomic E-state index is 14.7. The Morgan fingerprint density at radius 3 is 0.968 bits per heavy atom. The summed E-state index contributed by atoms with van der Waals surface area (Å²) in [6, 6.07) is -2.88. The Kier molecular flexibility index (Phi) is 33.6. The lowest BCUT2D eigenvalue weighted by Gasteiger charge is -2.29. The molecule has 32 heteroatoms. The maximum absolute atomic E-state index is 14.7. The minimum atomic E-state index is -1.50. The number of aromatic hydroxyl groups is 2. The van der Waals surface area contributed by atoms with Gasteiger partial charge in [-0.1, -0.05) is 52.0 Å². The predicted molar refractivity (Wildman–Crippen MR) is 349 cm³/mol. The minimum Gasteiger partial charge on any atom is -0.508 e. The lowest BCUT2D eigenvalue weighted by Crippen LogP contribution is -2.62. The van der Waals surface area contributed by atoms with E-state index in [0.717, 1.165) is 0 Å². The molecule has 32 nitrogen and oxygen atoms in total. The van der Waals surface area contributed by atoms with Crippen LogP contribution in [0.5, 0.6) is 11.5 Å². The van der Waals surface area contributed by atoms with Gasteiger partial charge in [-0.3, -0.25) is 67.5 Å². The molecule has 12 amide bonds. The van der Waals surface area contributed by atoms with Gasteiger partial charge < -0.3 is 96.9 Å². The molecule has 1 aliphatic heterocycles. The van der Waals surface area contributed by atoms with Crippen molar-refractivity contribution in [3.05, 3.63) is 59.7 Å². The molecule has 10 atom stereocenters. The molecule has 1 heterocycles. The van der Waals surface area contributed by atoms with Crippen molar-refractivity contribution in [2.75, 3.05) is 26.2 Å². The summed E-state index contributed by atoms with van der Waals surface area (Å²) < 4.78 is 0. The van der Waals surface area contributed by atoms with E-state index in [1.165, 1.54) is 76.2 Å². The van der Waals surface area contributed by atoms with Crippen molar-refractivity contribution in [1.29, 1.82) is 0 Å². The van der Waals surface area contributed by atoms with Gasteiger partial charge in [0.15, 0.2) is 11.9 Å². The van der Waals surface area contributed by atoms with Gasteiger partial charge in [0, 0.05) is 52.9 Å². The lowest BCUT2D eigenvalue weighted by atomic mass is 9.99. The Bertz CT molecular complexity index is 2760. The monoisotopic (exact) mass is 1320 g/mol. The van der Waals surface area contributed by atoms with Crippen LogP contribution in [-0.4, -0.2) is 180 Å². The number of rotatable bonds is 24. The Hall–Kier alpha value is -9.78. The molecule has 22 N–H and O–H groups in total. The molecule has 2 aromatic carbocycles. The van der Waals surface area contributed by atoms with Crippen molar-refractivity contribution in [2.24, 2.45) is 44.8 Å². The van der Waals surface area contributed by atoms with Gasteiger partial charge in [0.1, 0.15) is 71.9 Å². The first-order chi connectivity index (χ1) is 44.3. The van der Waals surface area contributed by atoms with E-state index in [-0.39, 0.29) is 126 Å². The van der Waals surface area contributed by atoms with Gasteiger partial charge in [-0.2, -0.15) is 0 Å². The third kappa shape index (κ3) is 29.2.